The molecule has 1 aliphatic rings. The smallest absolute Gasteiger partial charge is 0.417 e. The molecule has 1 saturated carbocycles. The van der Waals surface area contributed by atoms with Crippen LogP contribution < -0.4 is 0 Å². The maximum atomic E-state index is 9.61. The van der Waals surface area contributed by atoms with Crippen LogP contribution in [0.15, 0.2) is 0 Å². The summed E-state index contributed by atoms with van der Waals surface area (Å²) in [7, 11) is 0. The summed E-state index contributed by atoms with van der Waals surface area (Å²) in [5, 5.41) is 0. The van der Waals surface area contributed by atoms with Crippen LogP contribution in [0, 0.1) is 5.92 Å². The van der Waals surface area contributed by atoms with Crippen molar-refractivity contribution in [2.75, 3.05) is 0 Å². The minimum atomic E-state index is 0.174. The molecule has 0 bridgehead atoms. The molecule has 2 unspecified atom stereocenters. The Bertz CT molecular complexity index is 90.5. The molecule has 0 N–H and O–H groups in total. The van der Waals surface area contributed by atoms with E-state index in [1.807, 2.05) is 0 Å². The Hall–Kier alpha value is -0.530. The highest BCUT2D eigenvalue weighted by Crippen LogP contribution is 2.28. The zero-order valence-corrected chi connectivity index (χ0v) is 4.89. The summed E-state index contributed by atoms with van der Waals surface area (Å²) in [4.78, 5) is 9.61. The maximum Gasteiger partial charge on any atom is 0.417 e. The largest absolute Gasteiger partial charge is 0.454 e. The molecule has 0 heterocycles. The van der Waals surface area contributed by atoms with Gasteiger partial charge in [0.05, 0.1) is 0 Å². The van der Waals surface area contributed by atoms with Crippen LogP contribution in [0.3, 0.4) is 0 Å². The van der Waals surface area contributed by atoms with Crippen molar-refractivity contribution in [2.24, 2.45) is 5.92 Å². The lowest BCUT2D eigenvalue weighted by Gasteiger charge is -2.30. The van der Waals surface area contributed by atoms with Gasteiger partial charge in [0.15, 0.2) is 0 Å². The van der Waals surface area contributed by atoms with Gasteiger partial charge in [-0.2, -0.15) is 0 Å². The summed E-state index contributed by atoms with van der Waals surface area (Å²) in [5.74, 6) is 0.566. The maximum absolute atomic E-state index is 9.61. The fourth-order valence-electron chi connectivity index (χ4n) is 0.873. The van der Waals surface area contributed by atoms with Crippen molar-refractivity contribution in [3.8, 4) is 0 Å². The van der Waals surface area contributed by atoms with E-state index in [2.05, 4.69) is 11.7 Å². The number of hydrogen-bond acceptors (Lipinski definition) is 2. The highest BCUT2D eigenvalue weighted by molar-refractivity contribution is 5.38. The van der Waals surface area contributed by atoms with Crippen LogP contribution in [0.2, 0.25) is 0 Å². The molecule has 2 atom stereocenters. The van der Waals surface area contributed by atoms with Crippen molar-refractivity contribution in [3.05, 3.63) is 0 Å². The van der Waals surface area contributed by atoms with E-state index in [0.29, 0.717) is 5.92 Å². The SMILES string of the molecule is CC1CCC1O[C]=O. The van der Waals surface area contributed by atoms with Gasteiger partial charge in [0.2, 0.25) is 0 Å². The lowest BCUT2D eigenvalue weighted by atomic mass is 9.84. The minimum Gasteiger partial charge on any atom is -0.454 e. The van der Waals surface area contributed by atoms with E-state index in [1.54, 1.807) is 0 Å². The molecule has 1 fully saturated rings. The molecule has 0 spiro atoms. The summed E-state index contributed by atoms with van der Waals surface area (Å²) >= 11 is 0. The predicted octanol–water partition coefficient (Wildman–Crippen LogP) is 0.869. The van der Waals surface area contributed by atoms with E-state index in [9.17, 15) is 4.79 Å². The molecular formula is C6H9O2. The Morgan fingerprint density at radius 2 is 2.38 bits per heavy atom. The van der Waals surface area contributed by atoms with Crippen molar-refractivity contribution >= 4 is 6.47 Å². The van der Waals surface area contributed by atoms with Crippen molar-refractivity contribution in [1.29, 1.82) is 0 Å². The van der Waals surface area contributed by atoms with Gasteiger partial charge in [-0.1, -0.05) is 6.92 Å². The highest BCUT2D eigenvalue weighted by Gasteiger charge is 2.27. The van der Waals surface area contributed by atoms with Crippen molar-refractivity contribution in [3.63, 3.8) is 0 Å². The monoisotopic (exact) mass is 113 g/mol. The van der Waals surface area contributed by atoms with E-state index in [0.717, 1.165) is 6.42 Å². The Labute approximate surface area is 48.8 Å². The quantitative estimate of drug-likeness (QED) is 0.531. The molecule has 0 amide bonds. The van der Waals surface area contributed by atoms with Gasteiger partial charge in [0, 0.05) is 0 Å². The van der Waals surface area contributed by atoms with Crippen LogP contribution in [0.4, 0.5) is 0 Å². The first kappa shape index (κ1) is 5.60. The average molecular weight is 113 g/mol. The van der Waals surface area contributed by atoms with Gasteiger partial charge in [-0.3, -0.25) is 0 Å². The van der Waals surface area contributed by atoms with Gasteiger partial charge in [0.1, 0.15) is 6.10 Å². The molecule has 2 heteroatoms. The van der Waals surface area contributed by atoms with Crippen LogP contribution >= 0.6 is 0 Å². The average Bonchev–Trinajstić information content (AvgIpc) is 1.79. The first-order chi connectivity index (χ1) is 3.84. The third kappa shape index (κ3) is 0.831. The summed E-state index contributed by atoms with van der Waals surface area (Å²) < 4.78 is 4.58. The molecule has 0 aromatic carbocycles. The molecule has 8 heavy (non-hydrogen) atoms. The third-order valence-corrected chi connectivity index (χ3v) is 1.74. The molecule has 1 rings (SSSR count). The second-order valence-electron chi connectivity index (χ2n) is 2.29. The van der Waals surface area contributed by atoms with E-state index in [1.165, 1.54) is 12.9 Å². The normalized spacial score (nSPS) is 35.6. The van der Waals surface area contributed by atoms with Gasteiger partial charge in [0.25, 0.3) is 0 Å². The lowest BCUT2D eigenvalue weighted by Crippen LogP contribution is -2.31. The molecule has 45 valence electrons. The van der Waals surface area contributed by atoms with E-state index < -0.39 is 0 Å². The van der Waals surface area contributed by atoms with Crippen molar-refractivity contribution in [1.82, 2.24) is 0 Å². The number of rotatable bonds is 2. The Morgan fingerprint density at radius 3 is 2.50 bits per heavy atom. The minimum absolute atomic E-state index is 0.174. The highest BCUT2D eigenvalue weighted by atomic mass is 16.5. The van der Waals surface area contributed by atoms with Gasteiger partial charge in [-0.05, 0) is 18.8 Å². The first-order valence-electron chi connectivity index (χ1n) is 2.87. The zero-order valence-electron chi connectivity index (χ0n) is 4.89. The van der Waals surface area contributed by atoms with Crippen LogP contribution in [0.1, 0.15) is 19.8 Å². The Kier molecular flexibility index (Phi) is 1.51. The van der Waals surface area contributed by atoms with Crippen molar-refractivity contribution < 1.29 is 9.53 Å². The lowest BCUT2D eigenvalue weighted by molar-refractivity contribution is 0.0435. The first-order valence-corrected chi connectivity index (χ1v) is 2.87. The van der Waals surface area contributed by atoms with E-state index >= 15 is 0 Å². The van der Waals surface area contributed by atoms with Crippen LogP contribution in [-0.2, 0) is 9.53 Å². The molecule has 0 aliphatic heterocycles. The molecule has 0 saturated heterocycles. The number of hydrogen-bond donors (Lipinski definition) is 0. The van der Waals surface area contributed by atoms with Crippen molar-refractivity contribution in [2.45, 2.75) is 25.9 Å². The van der Waals surface area contributed by atoms with E-state index in [4.69, 9.17) is 0 Å². The molecule has 1 radical (unpaired) electrons. The van der Waals surface area contributed by atoms with Gasteiger partial charge in [-0.25, -0.2) is 4.79 Å². The second kappa shape index (κ2) is 2.16. The number of ether oxygens (including phenoxy) is 1. The van der Waals surface area contributed by atoms with E-state index in [-0.39, 0.29) is 6.10 Å². The predicted molar refractivity (Wildman–Crippen MR) is 29.0 cm³/mol. The standard InChI is InChI=1S/C6H9O2/c1-5-2-3-6(5)8-4-7/h5-6H,2-3H2,1H3. The third-order valence-electron chi connectivity index (χ3n) is 1.74. The molecule has 0 aromatic heterocycles. The molecule has 0 aromatic rings. The fourth-order valence-corrected chi connectivity index (χ4v) is 0.873. The Balaban J connectivity index is 2.16. The van der Waals surface area contributed by atoms with Crippen LogP contribution in [0.5, 0.6) is 0 Å². The fraction of sp³-hybridized carbons (Fsp3) is 0.833. The van der Waals surface area contributed by atoms with Crippen LogP contribution in [0.25, 0.3) is 0 Å². The number of carbonyl (C=O) groups excluding carboxylic acids is 1. The Morgan fingerprint density at radius 1 is 1.62 bits per heavy atom. The summed E-state index contributed by atoms with van der Waals surface area (Å²) in [5.41, 5.74) is 0. The van der Waals surface area contributed by atoms with Gasteiger partial charge < -0.3 is 4.74 Å². The van der Waals surface area contributed by atoms with Crippen LogP contribution in [-0.4, -0.2) is 12.6 Å². The zero-order chi connectivity index (χ0) is 5.98. The summed E-state index contributed by atoms with van der Waals surface area (Å²) in [6, 6.07) is 0. The summed E-state index contributed by atoms with van der Waals surface area (Å²) in [6.45, 7) is 3.52. The van der Waals surface area contributed by atoms with Gasteiger partial charge in [-0.15, -0.1) is 0 Å². The second-order valence-corrected chi connectivity index (χ2v) is 2.29. The molecular weight excluding hydrogens is 104 g/mol. The summed E-state index contributed by atoms with van der Waals surface area (Å²) in [6.07, 6.45) is 2.38. The molecule has 2 nitrogen and oxygen atoms in total. The molecule has 1 aliphatic carbocycles. The topological polar surface area (TPSA) is 26.3 Å². The van der Waals surface area contributed by atoms with Gasteiger partial charge >= 0.3 is 6.47 Å².